The van der Waals surface area contributed by atoms with Crippen LogP contribution in [0.4, 0.5) is 5.13 Å². The highest BCUT2D eigenvalue weighted by atomic mass is 35.5. The molecule has 0 bridgehead atoms. The summed E-state index contributed by atoms with van der Waals surface area (Å²) < 4.78 is 11.7. The van der Waals surface area contributed by atoms with Crippen molar-refractivity contribution in [1.82, 2.24) is 25.3 Å². The summed E-state index contributed by atoms with van der Waals surface area (Å²) in [4.78, 5) is 44.6. The van der Waals surface area contributed by atoms with Crippen molar-refractivity contribution in [1.29, 1.82) is 5.26 Å². The Morgan fingerprint density at radius 2 is 2.10 bits per heavy atom. The van der Waals surface area contributed by atoms with Gasteiger partial charge in [0.05, 0.1) is 36.6 Å². The number of H-pyrrole nitrogens is 1. The molecule has 1 amide bonds. The van der Waals surface area contributed by atoms with Gasteiger partial charge in [-0.1, -0.05) is 53.3 Å². The molecule has 1 fully saturated rings. The second kappa shape index (κ2) is 13.1. The molecule has 3 aromatic heterocycles. The molecule has 1 saturated heterocycles. The fourth-order valence-corrected chi connectivity index (χ4v) is 5.88. The zero-order valence-electron chi connectivity index (χ0n) is 23.0. The molecule has 216 valence electrons. The molecule has 11 nitrogen and oxygen atoms in total. The topological polar surface area (TPSA) is 146 Å². The lowest BCUT2D eigenvalue weighted by atomic mass is 10.0. The van der Waals surface area contributed by atoms with Crippen molar-refractivity contribution < 1.29 is 19.1 Å². The Kier molecular flexibility index (Phi) is 9.12. The van der Waals surface area contributed by atoms with Crippen LogP contribution >= 0.6 is 22.9 Å². The van der Waals surface area contributed by atoms with Gasteiger partial charge in [-0.3, -0.25) is 14.8 Å². The molecule has 4 heterocycles. The minimum Gasteiger partial charge on any atom is -0.462 e. The fraction of sp³-hybridized carbons (Fsp3) is 0.310. The summed E-state index contributed by atoms with van der Waals surface area (Å²) in [6, 6.07) is 11.4. The van der Waals surface area contributed by atoms with Crippen molar-refractivity contribution in [3.8, 4) is 17.5 Å². The number of anilines is 1. The number of aromatic nitrogens is 4. The van der Waals surface area contributed by atoms with E-state index in [9.17, 15) is 14.9 Å². The van der Waals surface area contributed by atoms with E-state index in [0.29, 0.717) is 53.2 Å². The number of esters is 1. The number of nitrogens with one attached hydrogen (secondary N) is 2. The summed E-state index contributed by atoms with van der Waals surface area (Å²) in [5.74, 6) is -0.911. The summed E-state index contributed by atoms with van der Waals surface area (Å²) in [7, 11) is 0. The first-order valence-electron chi connectivity index (χ1n) is 13.3. The molecule has 13 heteroatoms. The lowest BCUT2D eigenvalue weighted by molar-refractivity contribution is 0.00967. The van der Waals surface area contributed by atoms with E-state index in [0.717, 1.165) is 5.56 Å². The summed E-state index contributed by atoms with van der Waals surface area (Å²) in [6.07, 6.45) is 4.74. The number of amides is 1. The van der Waals surface area contributed by atoms with Crippen molar-refractivity contribution in [3.05, 3.63) is 81.3 Å². The molecular formula is C29H28ClN7O4S. The first-order chi connectivity index (χ1) is 20.4. The minimum absolute atomic E-state index is 0.108. The predicted molar refractivity (Wildman–Crippen MR) is 157 cm³/mol. The Morgan fingerprint density at radius 3 is 2.81 bits per heavy atom. The number of hydrogen-bond acceptors (Lipinski definition) is 10. The molecule has 0 spiro atoms. The number of halogens is 1. The Hall–Kier alpha value is -4.31. The summed E-state index contributed by atoms with van der Waals surface area (Å²) in [5, 5.41) is 13.4. The van der Waals surface area contributed by atoms with Crippen LogP contribution in [0, 0.1) is 18.3 Å². The number of carbonyl (C=O) groups is 2. The predicted octanol–water partition coefficient (Wildman–Crippen LogP) is 4.53. The van der Waals surface area contributed by atoms with Gasteiger partial charge in [-0.2, -0.15) is 5.26 Å². The number of hydrogen-bond donors (Lipinski definition) is 2. The maximum absolute atomic E-state index is 13.3. The Balaban J connectivity index is 1.41. The molecule has 1 aliphatic rings. The lowest BCUT2D eigenvalue weighted by Crippen LogP contribution is -2.55. The van der Waals surface area contributed by atoms with Crippen LogP contribution in [0.5, 0.6) is 0 Å². The van der Waals surface area contributed by atoms with Crippen LogP contribution in [0.3, 0.4) is 0 Å². The first kappa shape index (κ1) is 29.2. The van der Waals surface area contributed by atoms with E-state index >= 15 is 0 Å². The summed E-state index contributed by atoms with van der Waals surface area (Å²) >= 11 is 7.44. The highest BCUT2D eigenvalue weighted by Gasteiger charge is 2.35. The van der Waals surface area contributed by atoms with Crippen molar-refractivity contribution in [2.45, 2.75) is 39.0 Å². The molecule has 2 atom stereocenters. The average Bonchev–Trinajstić information content (AvgIpc) is 3.59. The van der Waals surface area contributed by atoms with E-state index in [2.05, 4.69) is 20.3 Å². The highest BCUT2D eigenvalue weighted by Crippen LogP contribution is 2.34. The lowest BCUT2D eigenvalue weighted by Gasteiger charge is -2.38. The fourth-order valence-electron chi connectivity index (χ4n) is 4.69. The van der Waals surface area contributed by atoms with Crippen molar-refractivity contribution in [3.63, 3.8) is 0 Å². The van der Waals surface area contributed by atoms with Crippen LogP contribution in [0.15, 0.2) is 48.9 Å². The third kappa shape index (κ3) is 6.28. The van der Waals surface area contributed by atoms with E-state index < -0.39 is 18.0 Å². The Labute approximate surface area is 251 Å². The normalized spacial score (nSPS) is 16.6. The first-order valence-corrected chi connectivity index (χ1v) is 14.5. The second-order valence-corrected chi connectivity index (χ2v) is 10.9. The van der Waals surface area contributed by atoms with Gasteiger partial charge < -0.3 is 24.7 Å². The molecule has 2 N–H and O–H groups in total. The summed E-state index contributed by atoms with van der Waals surface area (Å²) in [5.41, 5.74) is 2.64. The van der Waals surface area contributed by atoms with Crippen LogP contribution in [0.25, 0.3) is 11.4 Å². The maximum atomic E-state index is 13.3. The van der Waals surface area contributed by atoms with Crippen molar-refractivity contribution >= 4 is 39.9 Å². The number of benzene rings is 1. The van der Waals surface area contributed by atoms with Gasteiger partial charge in [0, 0.05) is 31.2 Å². The quantitative estimate of drug-likeness (QED) is 0.263. The van der Waals surface area contributed by atoms with Gasteiger partial charge in [0.2, 0.25) is 0 Å². The van der Waals surface area contributed by atoms with Gasteiger partial charge >= 0.3 is 5.97 Å². The third-order valence-corrected chi connectivity index (χ3v) is 8.35. The van der Waals surface area contributed by atoms with Crippen molar-refractivity contribution in [2.75, 3.05) is 24.6 Å². The average molecular weight is 606 g/mol. The van der Waals surface area contributed by atoms with Gasteiger partial charge in [-0.05, 0) is 25.8 Å². The minimum atomic E-state index is -0.478. The number of thiazole rings is 1. The molecule has 0 saturated carbocycles. The van der Waals surface area contributed by atoms with Gasteiger partial charge in [0.15, 0.2) is 5.13 Å². The standard InChI is InChI=1S/C29H28ClN7O4S/c1-3-40-28(39)26-25(21-14-32-10-11-33-21)36-29(42-26)37-12-9-20(22(15-37)41-16-18-7-5-4-6-8-18)35-27(38)24-19(13-31)23(30)17(2)34-24/h4-8,10-11,14,20,22,34H,3,9,12,15-16H2,1-2H3,(H,35,38)/t20-,22+/m1/s1. The molecule has 0 unspecified atom stereocenters. The number of aromatic amines is 1. The zero-order chi connectivity index (χ0) is 29.6. The van der Waals surface area contributed by atoms with Crippen molar-refractivity contribution in [2.24, 2.45) is 0 Å². The SMILES string of the molecule is CCOC(=O)c1sc(N2CC[C@@H](NC(=O)c3[nH]c(C)c(Cl)c3C#N)[C@@H](OCc3ccccc3)C2)nc1-c1cnccn1. The zero-order valence-corrected chi connectivity index (χ0v) is 24.5. The van der Waals surface area contributed by atoms with Gasteiger partial charge in [0.1, 0.15) is 33.6 Å². The van der Waals surface area contributed by atoms with Crippen LogP contribution in [0.2, 0.25) is 5.02 Å². The van der Waals surface area contributed by atoms with E-state index in [-0.39, 0.29) is 28.9 Å². The highest BCUT2D eigenvalue weighted by molar-refractivity contribution is 7.17. The Morgan fingerprint density at radius 1 is 1.29 bits per heavy atom. The van der Waals surface area contributed by atoms with Gasteiger partial charge in [-0.15, -0.1) is 0 Å². The molecule has 0 radical (unpaired) electrons. The molecule has 42 heavy (non-hydrogen) atoms. The molecule has 5 rings (SSSR count). The Bertz CT molecular complexity index is 1600. The monoisotopic (exact) mass is 605 g/mol. The van der Waals surface area contributed by atoms with E-state index in [1.165, 1.54) is 11.3 Å². The number of nitriles is 1. The van der Waals surface area contributed by atoms with Gasteiger partial charge in [-0.25, -0.2) is 9.78 Å². The van der Waals surface area contributed by atoms with Crippen LogP contribution in [0.1, 0.15) is 50.3 Å². The molecule has 1 aliphatic heterocycles. The maximum Gasteiger partial charge on any atom is 0.350 e. The van der Waals surface area contributed by atoms with Crippen LogP contribution < -0.4 is 10.2 Å². The smallest absolute Gasteiger partial charge is 0.350 e. The van der Waals surface area contributed by atoms with Crippen LogP contribution in [-0.2, 0) is 16.1 Å². The molecule has 0 aliphatic carbocycles. The number of rotatable bonds is 9. The number of carbonyl (C=O) groups excluding carboxylic acids is 2. The van der Waals surface area contributed by atoms with Crippen LogP contribution in [-0.4, -0.2) is 63.7 Å². The number of ether oxygens (including phenoxy) is 2. The largest absolute Gasteiger partial charge is 0.462 e. The third-order valence-electron chi connectivity index (χ3n) is 6.79. The van der Waals surface area contributed by atoms with E-state index in [1.807, 2.05) is 41.3 Å². The van der Waals surface area contributed by atoms with E-state index in [4.69, 9.17) is 26.1 Å². The molecule has 1 aromatic carbocycles. The number of nitrogens with zero attached hydrogens (tertiary/aromatic N) is 5. The summed E-state index contributed by atoms with van der Waals surface area (Å²) in [6.45, 7) is 4.94. The van der Waals surface area contributed by atoms with E-state index in [1.54, 1.807) is 32.4 Å². The molecular weight excluding hydrogens is 578 g/mol. The number of piperidine rings is 1. The number of aryl methyl sites for hydroxylation is 1. The van der Waals surface area contributed by atoms with Gasteiger partial charge in [0.25, 0.3) is 5.91 Å². The molecule has 4 aromatic rings. The second-order valence-electron chi connectivity index (χ2n) is 9.56.